The number of carbonyl (C=O) groups is 2. The van der Waals surface area contributed by atoms with E-state index >= 15 is 0 Å². The smallest absolute Gasteiger partial charge is 0.339 e. The summed E-state index contributed by atoms with van der Waals surface area (Å²) < 4.78 is 11.1. The molecule has 144 valence electrons. The van der Waals surface area contributed by atoms with E-state index in [2.05, 4.69) is 5.32 Å². The fourth-order valence-corrected chi connectivity index (χ4v) is 3.90. The Bertz CT molecular complexity index is 667. The largest absolute Gasteiger partial charge is 0.497 e. The Balaban J connectivity index is 0.00000243. The van der Waals surface area contributed by atoms with Gasteiger partial charge >= 0.3 is 11.9 Å². The maximum absolute atomic E-state index is 11.5. The molecule has 1 aliphatic carbocycles. The number of rotatable bonds is 5. The van der Waals surface area contributed by atoms with Gasteiger partial charge < -0.3 is 25.0 Å². The van der Waals surface area contributed by atoms with Crippen LogP contribution in [0.4, 0.5) is 0 Å². The lowest BCUT2D eigenvalue weighted by Crippen LogP contribution is -2.50. The second kappa shape index (κ2) is 8.60. The molecule has 0 unspecified atom stereocenters. The Hall–Kier alpha value is -1.99. The third kappa shape index (κ3) is 4.40. The van der Waals surface area contributed by atoms with Crippen molar-refractivity contribution in [1.29, 1.82) is 0 Å². The van der Waals surface area contributed by atoms with E-state index in [-0.39, 0.29) is 30.0 Å². The zero-order valence-corrected chi connectivity index (χ0v) is 15.3. The van der Waals surface area contributed by atoms with E-state index in [0.717, 1.165) is 25.8 Å². The summed E-state index contributed by atoms with van der Waals surface area (Å²) in [5, 5.41) is 21.7. The predicted octanol–water partition coefficient (Wildman–Crippen LogP) is 2.43. The summed E-state index contributed by atoms with van der Waals surface area (Å²) in [7, 11) is 1.48. The Morgan fingerprint density at radius 2 is 1.92 bits per heavy atom. The Morgan fingerprint density at radius 1 is 1.15 bits per heavy atom. The fourth-order valence-electron chi connectivity index (χ4n) is 3.90. The summed E-state index contributed by atoms with van der Waals surface area (Å²) in [6, 6.07) is 4.25. The first kappa shape index (κ1) is 20.3. The van der Waals surface area contributed by atoms with Gasteiger partial charge in [-0.2, -0.15) is 0 Å². The number of hydrogen-bond acceptors (Lipinski definition) is 5. The van der Waals surface area contributed by atoms with Gasteiger partial charge in [-0.25, -0.2) is 4.79 Å². The molecular weight excluding hydrogens is 362 g/mol. The van der Waals surface area contributed by atoms with Gasteiger partial charge in [0.05, 0.1) is 13.2 Å². The quantitative estimate of drug-likeness (QED) is 0.714. The van der Waals surface area contributed by atoms with E-state index in [0.29, 0.717) is 23.8 Å². The minimum atomic E-state index is -1.06. The Morgan fingerprint density at radius 3 is 2.58 bits per heavy atom. The highest BCUT2D eigenvalue weighted by atomic mass is 35.5. The normalized spacial score (nSPS) is 27.6. The summed E-state index contributed by atoms with van der Waals surface area (Å²) in [6.07, 6.45) is 3.04. The summed E-state index contributed by atoms with van der Waals surface area (Å²) in [5.74, 6) is -0.324. The van der Waals surface area contributed by atoms with E-state index in [1.807, 2.05) is 0 Å². The number of aromatic carboxylic acids is 1. The molecule has 1 heterocycles. The molecule has 1 saturated carbocycles. The van der Waals surface area contributed by atoms with Crippen molar-refractivity contribution in [3.63, 3.8) is 0 Å². The monoisotopic (exact) mass is 385 g/mol. The van der Waals surface area contributed by atoms with Crippen LogP contribution in [-0.2, 0) is 4.79 Å². The molecule has 0 spiro atoms. The molecule has 0 radical (unpaired) electrons. The maximum Gasteiger partial charge on any atom is 0.339 e. The summed E-state index contributed by atoms with van der Waals surface area (Å²) in [5.41, 5.74) is 0.0789. The topological polar surface area (TPSA) is 105 Å². The number of carboxylic acids is 2. The highest BCUT2D eigenvalue weighted by molar-refractivity contribution is 5.91. The molecule has 2 fully saturated rings. The summed E-state index contributed by atoms with van der Waals surface area (Å²) >= 11 is 0. The molecule has 1 saturated heterocycles. The van der Waals surface area contributed by atoms with Crippen molar-refractivity contribution in [3.8, 4) is 11.5 Å². The molecule has 0 aromatic heterocycles. The summed E-state index contributed by atoms with van der Waals surface area (Å²) in [6.45, 7) is 0.720. The van der Waals surface area contributed by atoms with Crippen molar-refractivity contribution in [3.05, 3.63) is 23.8 Å². The Kier molecular flexibility index (Phi) is 6.72. The van der Waals surface area contributed by atoms with Crippen molar-refractivity contribution >= 4 is 24.3 Å². The lowest BCUT2D eigenvalue weighted by Gasteiger charge is -2.41. The van der Waals surface area contributed by atoms with Crippen molar-refractivity contribution in [2.45, 2.75) is 37.8 Å². The van der Waals surface area contributed by atoms with E-state index in [1.54, 1.807) is 12.1 Å². The zero-order chi connectivity index (χ0) is 18.0. The van der Waals surface area contributed by atoms with Crippen molar-refractivity contribution in [2.24, 2.45) is 11.8 Å². The molecule has 26 heavy (non-hydrogen) atoms. The second-order valence-corrected chi connectivity index (χ2v) is 6.78. The maximum atomic E-state index is 11.5. The standard InChI is InChI=1S/C18H23NO6.ClH/c1-24-12-4-5-16(14(8-12)17(20)21)25-13-3-2-10-9-19-15(18(22)23)7-11(10)6-13;/h4-5,8,10-11,13,15,19H,2-3,6-7,9H2,1H3,(H,20,21)(H,22,23);1H/t10-,11+,13-,15-;/m0./s1. The van der Waals surface area contributed by atoms with Gasteiger partial charge in [0.1, 0.15) is 23.1 Å². The second-order valence-electron chi connectivity index (χ2n) is 6.78. The highest BCUT2D eigenvalue weighted by Gasteiger charge is 2.38. The lowest BCUT2D eigenvalue weighted by molar-refractivity contribution is -0.141. The number of aliphatic carboxylic acids is 1. The average molecular weight is 386 g/mol. The lowest BCUT2D eigenvalue weighted by atomic mass is 9.72. The van der Waals surface area contributed by atoms with Crippen LogP contribution in [0.25, 0.3) is 0 Å². The number of nitrogens with one attached hydrogen (secondary N) is 1. The first-order valence-corrected chi connectivity index (χ1v) is 8.52. The molecule has 1 aliphatic heterocycles. The van der Waals surface area contributed by atoms with Gasteiger partial charge in [0.15, 0.2) is 0 Å². The van der Waals surface area contributed by atoms with Gasteiger partial charge in [-0.15, -0.1) is 12.4 Å². The zero-order valence-electron chi connectivity index (χ0n) is 14.5. The number of benzene rings is 1. The van der Waals surface area contributed by atoms with Gasteiger partial charge in [0, 0.05) is 0 Å². The van der Waals surface area contributed by atoms with E-state index in [1.165, 1.54) is 13.2 Å². The number of ether oxygens (including phenoxy) is 2. The SMILES string of the molecule is COc1ccc(O[C@H]2CC[C@H]3CN[C@H](C(=O)O)C[C@H]3C2)c(C(=O)O)c1.Cl. The molecule has 1 aromatic rings. The first-order valence-electron chi connectivity index (χ1n) is 8.52. The third-order valence-corrected chi connectivity index (χ3v) is 5.27. The average Bonchev–Trinajstić information content (AvgIpc) is 2.61. The van der Waals surface area contributed by atoms with Crippen LogP contribution in [0.2, 0.25) is 0 Å². The first-order chi connectivity index (χ1) is 12.0. The van der Waals surface area contributed by atoms with Gasteiger partial charge in [0.2, 0.25) is 0 Å². The molecular formula is C18H24ClNO6. The van der Waals surface area contributed by atoms with Crippen LogP contribution in [-0.4, -0.2) is 48.0 Å². The molecule has 2 aliphatic rings. The van der Waals surface area contributed by atoms with Crippen LogP contribution in [0.3, 0.4) is 0 Å². The minimum absolute atomic E-state index is 0. The van der Waals surface area contributed by atoms with Gasteiger partial charge in [0.25, 0.3) is 0 Å². The molecule has 3 N–H and O–H groups in total. The van der Waals surface area contributed by atoms with Crippen LogP contribution in [0.5, 0.6) is 11.5 Å². The fraction of sp³-hybridized carbons (Fsp3) is 0.556. The van der Waals surface area contributed by atoms with Crippen molar-refractivity contribution in [1.82, 2.24) is 5.32 Å². The van der Waals surface area contributed by atoms with Gasteiger partial charge in [-0.3, -0.25) is 4.79 Å². The van der Waals surface area contributed by atoms with E-state index < -0.39 is 18.0 Å². The Labute approximate surface area is 158 Å². The van der Waals surface area contributed by atoms with Gasteiger partial charge in [-0.05, 0) is 62.3 Å². The number of piperidine rings is 1. The molecule has 7 nitrogen and oxygen atoms in total. The van der Waals surface area contributed by atoms with E-state index in [4.69, 9.17) is 9.47 Å². The van der Waals surface area contributed by atoms with Crippen molar-refractivity contribution in [2.75, 3.05) is 13.7 Å². The molecule has 1 aromatic carbocycles. The number of methoxy groups -OCH3 is 1. The summed E-state index contributed by atoms with van der Waals surface area (Å²) in [4.78, 5) is 22.7. The third-order valence-electron chi connectivity index (χ3n) is 5.27. The number of fused-ring (bicyclic) bond motifs is 1. The highest BCUT2D eigenvalue weighted by Crippen LogP contribution is 2.38. The molecule has 0 bridgehead atoms. The number of hydrogen-bond donors (Lipinski definition) is 3. The molecule has 0 amide bonds. The van der Waals surface area contributed by atoms with Crippen LogP contribution < -0.4 is 14.8 Å². The van der Waals surface area contributed by atoms with Crippen LogP contribution in [0, 0.1) is 11.8 Å². The van der Waals surface area contributed by atoms with Crippen LogP contribution >= 0.6 is 12.4 Å². The van der Waals surface area contributed by atoms with E-state index in [9.17, 15) is 19.8 Å². The van der Waals surface area contributed by atoms with Crippen LogP contribution in [0.1, 0.15) is 36.0 Å². The number of halogens is 1. The molecule has 3 rings (SSSR count). The molecule has 4 atom stereocenters. The van der Waals surface area contributed by atoms with Gasteiger partial charge in [-0.1, -0.05) is 0 Å². The minimum Gasteiger partial charge on any atom is -0.497 e. The molecule has 8 heteroatoms. The van der Waals surface area contributed by atoms with Crippen LogP contribution in [0.15, 0.2) is 18.2 Å². The number of carboxylic acid groups (broad SMARTS) is 2. The van der Waals surface area contributed by atoms with Crippen molar-refractivity contribution < 1.29 is 29.3 Å². The predicted molar refractivity (Wildman–Crippen MR) is 96.5 cm³/mol.